The average molecular weight is 397 g/mol. The predicted octanol–water partition coefficient (Wildman–Crippen LogP) is 7.64. The van der Waals surface area contributed by atoms with Gasteiger partial charge in [0.15, 0.2) is 5.82 Å². The largest absolute Gasteiger partial charge is 0.494 e. The third kappa shape index (κ3) is 9.43. The fraction of sp³-hybridized carbons (Fsp3) is 0.615. The fourth-order valence-corrected chi connectivity index (χ4v) is 3.43. The van der Waals surface area contributed by atoms with E-state index in [9.17, 15) is 0 Å². The van der Waals surface area contributed by atoms with Gasteiger partial charge < -0.3 is 4.74 Å². The molecule has 1 heterocycles. The molecule has 0 unspecified atom stereocenters. The first-order valence-electron chi connectivity index (χ1n) is 11.8. The van der Waals surface area contributed by atoms with Gasteiger partial charge in [0.05, 0.1) is 6.61 Å². The molecular formula is C26H40N2O. The Morgan fingerprint density at radius 2 is 1.52 bits per heavy atom. The third-order valence-electron chi connectivity index (χ3n) is 5.69. The number of hydrogen-bond donors (Lipinski definition) is 0. The Kier molecular flexibility index (Phi) is 11.4. The zero-order chi connectivity index (χ0) is 20.7. The van der Waals surface area contributed by atoms with Crippen LogP contribution in [0.3, 0.4) is 0 Å². The van der Waals surface area contributed by atoms with E-state index in [4.69, 9.17) is 4.74 Å². The van der Waals surface area contributed by atoms with E-state index in [0.717, 1.165) is 42.5 Å². The zero-order valence-electron chi connectivity index (χ0n) is 18.8. The molecule has 0 N–H and O–H groups in total. The maximum atomic E-state index is 5.87. The molecule has 0 radical (unpaired) electrons. The first kappa shape index (κ1) is 23.4. The van der Waals surface area contributed by atoms with Crippen LogP contribution >= 0.6 is 0 Å². The van der Waals surface area contributed by atoms with Crippen LogP contribution in [0.15, 0.2) is 36.7 Å². The van der Waals surface area contributed by atoms with Crippen molar-refractivity contribution in [1.82, 2.24) is 9.97 Å². The van der Waals surface area contributed by atoms with Gasteiger partial charge in [-0.15, -0.1) is 0 Å². The molecule has 0 aliphatic rings. The highest BCUT2D eigenvalue weighted by Crippen LogP contribution is 2.20. The molecule has 160 valence electrons. The summed E-state index contributed by atoms with van der Waals surface area (Å²) in [4.78, 5) is 9.13. The minimum absolute atomic E-state index is 0.789. The summed E-state index contributed by atoms with van der Waals surface area (Å²) in [6.45, 7) is 7.63. The van der Waals surface area contributed by atoms with E-state index in [2.05, 4.69) is 42.9 Å². The molecule has 3 heteroatoms. The summed E-state index contributed by atoms with van der Waals surface area (Å²) in [5.41, 5.74) is 2.28. The molecule has 2 aromatic rings. The summed E-state index contributed by atoms with van der Waals surface area (Å²) in [7, 11) is 0. The molecule has 0 aliphatic carbocycles. The molecule has 0 fully saturated rings. The van der Waals surface area contributed by atoms with Gasteiger partial charge in [0.25, 0.3) is 0 Å². The molecule has 0 saturated heterocycles. The SMILES string of the molecule is CCCCCCCCc1cnc(-c2ccc(OCCCC[C@@H](C)CC)cc2)nc1. The fourth-order valence-electron chi connectivity index (χ4n) is 3.43. The van der Waals surface area contributed by atoms with E-state index in [1.165, 1.54) is 63.4 Å². The van der Waals surface area contributed by atoms with Gasteiger partial charge >= 0.3 is 0 Å². The second kappa shape index (κ2) is 14.1. The lowest BCUT2D eigenvalue weighted by Crippen LogP contribution is -1.99. The van der Waals surface area contributed by atoms with E-state index in [1.54, 1.807) is 0 Å². The Morgan fingerprint density at radius 1 is 0.828 bits per heavy atom. The predicted molar refractivity (Wildman–Crippen MR) is 123 cm³/mol. The summed E-state index contributed by atoms with van der Waals surface area (Å²) in [5, 5.41) is 0. The Morgan fingerprint density at radius 3 is 2.21 bits per heavy atom. The normalized spacial score (nSPS) is 12.1. The maximum Gasteiger partial charge on any atom is 0.159 e. The molecule has 0 spiro atoms. The lowest BCUT2D eigenvalue weighted by atomic mass is 10.0. The van der Waals surface area contributed by atoms with Gasteiger partial charge in [-0.1, -0.05) is 65.7 Å². The lowest BCUT2D eigenvalue weighted by molar-refractivity contribution is 0.300. The van der Waals surface area contributed by atoms with Crippen molar-refractivity contribution in [3.8, 4) is 17.1 Å². The second-order valence-electron chi connectivity index (χ2n) is 8.31. The van der Waals surface area contributed by atoms with E-state index in [-0.39, 0.29) is 0 Å². The van der Waals surface area contributed by atoms with Crippen LogP contribution in [-0.4, -0.2) is 16.6 Å². The lowest BCUT2D eigenvalue weighted by Gasteiger charge is -2.09. The molecule has 1 atom stereocenters. The van der Waals surface area contributed by atoms with Crippen molar-refractivity contribution < 1.29 is 4.74 Å². The molecule has 0 bridgehead atoms. The summed E-state index contributed by atoms with van der Waals surface area (Å²) in [6, 6.07) is 8.16. The highest BCUT2D eigenvalue weighted by molar-refractivity contribution is 5.55. The van der Waals surface area contributed by atoms with Gasteiger partial charge in [-0.05, 0) is 61.4 Å². The number of rotatable bonds is 15. The Hall–Kier alpha value is -1.90. The van der Waals surface area contributed by atoms with Crippen LogP contribution in [0, 0.1) is 5.92 Å². The molecule has 0 amide bonds. The van der Waals surface area contributed by atoms with Crippen molar-refractivity contribution in [2.75, 3.05) is 6.61 Å². The van der Waals surface area contributed by atoms with Crippen molar-refractivity contribution in [2.45, 2.75) is 91.4 Å². The van der Waals surface area contributed by atoms with Gasteiger partial charge in [0.1, 0.15) is 5.75 Å². The van der Waals surface area contributed by atoms with Gasteiger partial charge in [0, 0.05) is 18.0 Å². The summed E-state index contributed by atoms with van der Waals surface area (Å²) < 4.78 is 5.87. The van der Waals surface area contributed by atoms with Crippen LogP contribution in [0.2, 0.25) is 0 Å². The minimum atomic E-state index is 0.789. The second-order valence-corrected chi connectivity index (χ2v) is 8.31. The Balaban J connectivity index is 1.70. The zero-order valence-corrected chi connectivity index (χ0v) is 18.8. The molecule has 0 saturated carbocycles. The van der Waals surface area contributed by atoms with Gasteiger partial charge in [-0.25, -0.2) is 9.97 Å². The van der Waals surface area contributed by atoms with Crippen LogP contribution in [0.5, 0.6) is 5.75 Å². The number of aryl methyl sites for hydroxylation is 1. The van der Waals surface area contributed by atoms with Crippen LogP contribution in [0.1, 0.15) is 90.5 Å². The Labute approximate surface area is 178 Å². The molecule has 3 nitrogen and oxygen atoms in total. The first-order chi connectivity index (χ1) is 14.2. The molecule has 2 rings (SSSR count). The van der Waals surface area contributed by atoms with Crippen LogP contribution in [0.4, 0.5) is 0 Å². The van der Waals surface area contributed by atoms with Crippen LogP contribution in [0.25, 0.3) is 11.4 Å². The summed E-state index contributed by atoms with van der Waals surface area (Å²) in [6.07, 6.45) is 17.9. The van der Waals surface area contributed by atoms with Crippen molar-refractivity contribution in [3.05, 3.63) is 42.2 Å². The molecule has 1 aromatic heterocycles. The highest BCUT2D eigenvalue weighted by atomic mass is 16.5. The van der Waals surface area contributed by atoms with Crippen molar-refractivity contribution >= 4 is 0 Å². The number of hydrogen-bond acceptors (Lipinski definition) is 3. The first-order valence-corrected chi connectivity index (χ1v) is 11.8. The maximum absolute atomic E-state index is 5.87. The van der Waals surface area contributed by atoms with Crippen LogP contribution < -0.4 is 4.74 Å². The monoisotopic (exact) mass is 396 g/mol. The van der Waals surface area contributed by atoms with Crippen molar-refractivity contribution in [2.24, 2.45) is 5.92 Å². The van der Waals surface area contributed by atoms with Crippen molar-refractivity contribution in [1.29, 1.82) is 0 Å². The third-order valence-corrected chi connectivity index (χ3v) is 5.69. The molecular weight excluding hydrogens is 356 g/mol. The number of unbranched alkanes of at least 4 members (excludes halogenated alkanes) is 6. The van der Waals surface area contributed by atoms with Crippen molar-refractivity contribution in [3.63, 3.8) is 0 Å². The number of nitrogens with zero attached hydrogens (tertiary/aromatic N) is 2. The van der Waals surface area contributed by atoms with Gasteiger partial charge in [-0.3, -0.25) is 0 Å². The van der Waals surface area contributed by atoms with E-state index >= 15 is 0 Å². The quantitative estimate of drug-likeness (QED) is 0.290. The molecule has 29 heavy (non-hydrogen) atoms. The van der Waals surface area contributed by atoms with Crippen LogP contribution in [-0.2, 0) is 6.42 Å². The standard InChI is InChI=1S/C26H40N2O/c1-4-6-7-8-9-10-14-23-20-27-26(28-21-23)24-15-17-25(18-16-24)29-19-12-11-13-22(3)5-2/h15-18,20-22H,4-14,19H2,1-3H3/t22-/m0/s1. The number of benzene rings is 1. The minimum Gasteiger partial charge on any atom is -0.494 e. The summed E-state index contributed by atoms with van der Waals surface area (Å²) >= 11 is 0. The average Bonchev–Trinajstić information content (AvgIpc) is 2.76. The summed E-state index contributed by atoms with van der Waals surface area (Å²) in [5.74, 6) is 2.54. The smallest absolute Gasteiger partial charge is 0.159 e. The highest BCUT2D eigenvalue weighted by Gasteiger charge is 2.03. The van der Waals surface area contributed by atoms with Gasteiger partial charge in [0.2, 0.25) is 0 Å². The number of aromatic nitrogens is 2. The van der Waals surface area contributed by atoms with E-state index < -0.39 is 0 Å². The van der Waals surface area contributed by atoms with E-state index in [0.29, 0.717) is 0 Å². The van der Waals surface area contributed by atoms with Gasteiger partial charge in [-0.2, -0.15) is 0 Å². The van der Waals surface area contributed by atoms with E-state index in [1.807, 2.05) is 24.5 Å². The molecule has 0 aliphatic heterocycles. The molecule has 1 aromatic carbocycles. The Bertz CT molecular complexity index is 651. The number of ether oxygens (including phenoxy) is 1. The topological polar surface area (TPSA) is 35.0 Å².